The fraction of sp³-hybridized carbons (Fsp3) is 0.375. The fourth-order valence-electron chi connectivity index (χ4n) is 3.45. The molecule has 2 N–H and O–H groups in total. The van der Waals surface area contributed by atoms with Crippen LogP contribution >= 0.6 is 0 Å². The molecule has 2 aromatic carbocycles. The van der Waals surface area contributed by atoms with Crippen molar-refractivity contribution < 1.29 is 23.9 Å². The van der Waals surface area contributed by atoms with Gasteiger partial charge in [-0.25, -0.2) is 0 Å². The van der Waals surface area contributed by atoms with Gasteiger partial charge in [0.25, 0.3) is 11.8 Å². The van der Waals surface area contributed by atoms with Crippen LogP contribution in [0.15, 0.2) is 54.6 Å². The van der Waals surface area contributed by atoms with Crippen molar-refractivity contribution >= 4 is 17.7 Å². The Hall–Kier alpha value is -3.55. The zero-order valence-electron chi connectivity index (χ0n) is 18.2. The summed E-state index contributed by atoms with van der Waals surface area (Å²) < 4.78 is 10.9. The van der Waals surface area contributed by atoms with Crippen molar-refractivity contribution in [1.82, 2.24) is 15.5 Å². The van der Waals surface area contributed by atoms with E-state index >= 15 is 0 Å². The predicted octanol–water partition coefficient (Wildman–Crippen LogP) is 2.00. The van der Waals surface area contributed by atoms with Crippen molar-refractivity contribution in [2.24, 2.45) is 0 Å². The largest absolute Gasteiger partial charge is 0.494 e. The van der Waals surface area contributed by atoms with E-state index in [-0.39, 0.29) is 36.9 Å². The molecule has 0 aromatic heterocycles. The highest BCUT2D eigenvalue weighted by molar-refractivity contribution is 5.96. The zero-order valence-corrected chi connectivity index (χ0v) is 18.2. The van der Waals surface area contributed by atoms with E-state index in [1.807, 2.05) is 13.0 Å². The number of hydrogen-bond acceptors (Lipinski definition) is 5. The maximum absolute atomic E-state index is 12.4. The van der Waals surface area contributed by atoms with Crippen LogP contribution < -0.4 is 20.1 Å². The van der Waals surface area contributed by atoms with Crippen molar-refractivity contribution in [3.63, 3.8) is 0 Å². The topological polar surface area (TPSA) is 97.0 Å². The molecular formula is C24H29N3O5. The van der Waals surface area contributed by atoms with Crippen LogP contribution in [0.4, 0.5) is 0 Å². The van der Waals surface area contributed by atoms with E-state index < -0.39 is 0 Å². The Morgan fingerprint density at radius 3 is 2.19 bits per heavy atom. The number of nitrogens with one attached hydrogen (secondary N) is 2. The van der Waals surface area contributed by atoms with Crippen molar-refractivity contribution in [1.29, 1.82) is 0 Å². The Kier molecular flexibility index (Phi) is 8.48. The molecule has 0 bridgehead atoms. The van der Waals surface area contributed by atoms with Gasteiger partial charge in [-0.3, -0.25) is 14.4 Å². The predicted molar refractivity (Wildman–Crippen MR) is 120 cm³/mol. The molecule has 0 spiro atoms. The van der Waals surface area contributed by atoms with Gasteiger partial charge in [-0.1, -0.05) is 18.2 Å². The lowest BCUT2D eigenvalue weighted by Crippen LogP contribution is -2.49. The van der Waals surface area contributed by atoms with Gasteiger partial charge >= 0.3 is 0 Å². The molecule has 0 radical (unpaired) electrons. The smallest absolute Gasteiger partial charge is 0.258 e. The average molecular weight is 440 g/mol. The van der Waals surface area contributed by atoms with Gasteiger partial charge in [-0.05, 0) is 56.2 Å². The van der Waals surface area contributed by atoms with Crippen molar-refractivity contribution in [3.8, 4) is 11.5 Å². The minimum Gasteiger partial charge on any atom is -0.494 e. The molecule has 32 heavy (non-hydrogen) atoms. The first kappa shape index (κ1) is 23.1. The molecule has 1 heterocycles. The summed E-state index contributed by atoms with van der Waals surface area (Å²) in [5, 5.41) is 5.61. The van der Waals surface area contributed by atoms with Gasteiger partial charge in [0.1, 0.15) is 11.5 Å². The minimum absolute atomic E-state index is 0.00519. The molecule has 8 nitrogen and oxygen atoms in total. The molecule has 1 saturated heterocycles. The Morgan fingerprint density at radius 1 is 0.938 bits per heavy atom. The summed E-state index contributed by atoms with van der Waals surface area (Å²) in [4.78, 5) is 38.4. The highest BCUT2D eigenvalue weighted by atomic mass is 16.5. The summed E-state index contributed by atoms with van der Waals surface area (Å²) in [6.07, 6.45) is 1.32. The molecule has 0 atom stereocenters. The Morgan fingerprint density at radius 2 is 1.56 bits per heavy atom. The lowest BCUT2D eigenvalue weighted by atomic mass is 10.0. The van der Waals surface area contributed by atoms with E-state index in [2.05, 4.69) is 10.6 Å². The number of amides is 3. The second-order valence-electron chi connectivity index (χ2n) is 7.46. The molecule has 8 heteroatoms. The fourth-order valence-corrected chi connectivity index (χ4v) is 3.45. The third-order valence-corrected chi connectivity index (χ3v) is 5.15. The molecule has 1 aliphatic heterocycles. The molecule has 3 amide bonds. The Bertz CT molecular complexity index is 894. The highest BCUT2D eigenvalue weighted by Crippen LogP contribution is 2.17. The standard InChI is InChI=1S/C24H29N3O5/c1-2-31-20-8-10-21(11-9-20)32-17-22(28)26-19-12-14-27(15-13-19)23(29)16-25-24(30)18-6-4-3-5-7-18/h3-11,19H,2,12-17H2,1H3,(H,25,30)(H,26,28). The van der Waals surface area contributed by atoms with Crippen molar-refractivity contribution in [3.05, 3.63) is 60.2 Å². The first-order valence-corrected chi connectivity index (χ1v) is 10.8. The summed E-state index contributed by atoms with van der Waals surface area (Å²) in [5.74, 6) is 0.761. The van der Waals surface area contributed by atoms with E-state index in [1.165, 1.54) is 0 Å². The van der Waals surface area contributed by atoms with E-state index in [0.717, 1.165) is 5.75 Å². The number of carbonyl (C=O) groups excluding carboxylic acids is 3. The second kappa shape index (κ2) is 11.7. The number of ether oxygens (including phenoxy) is 2. The maximum Gasteiger partial charge on any atom is 0.258 e. The molecule has 0 unspecified atom stereocenters. The van der Waals surface area contributed by atoms with Crippen LogP contribution in [0.1, 0.15) is 30.1 Å². The average Bonchev–Trinajstić information content (AvgIpc) is 2.83. The summed E-state index contributed by atoms with van der Waals surface area (Å²) in [7, 11) is 0. The summed E-state index contributed by atoms with van der Waals surface area (Å²) in [6.45, 7) is 3.46. The molecule has 0 aliphatic carbocycles. The molecule has 1 fully saturated rings. The lowest BCUT2D eigenvalue weighted by molar-refractivity contribution is -0.131. The molecular weight excluding hydrogens is 410 g/mol. The summed E-state index contributed by atoms with van der Waals surface area (Å²) in [5.41, 5.74) is 0.522. The number of hydrogen-bond donors (Lipinski definition) is 2. The van der Waals surface area contributed by atoms with Crippen LogP contribution in [-0.4, -0.2) is 61.5 Å². The van der Waals surface area contributed by atoms with Gasteiger partial charge in [-0.15, -0.1) is 0 Å². The Balaban J connectivity index is 1.33. The highest BCUT2D eigenvalue weighted by Gasteiger charge is 2.24. The Labute approximate surface area is 187 Å². The van der Waals surface area contributed by atoms with Crippen LogP contribution in [0.2, 0.25) is 0 Å². The van der Waals surface area contributed by atoms with E-state index in [0.29, 0.717) is 43.9 Å². The third-order valence-electron chi connectivity index (χ3n) is 5.15. The molecule has 0 saturated carbocycles. The number of nitrogens with zero attached hydrogens (tertiary/aromatic N) is 1. The van der Waals surface area contributed by atoms with Crippen LogP contribution in [0.5, 0.6) is 11.5 Å². The van der Waals surface area contributed by atoms with Crippen LogP contribution in [0.25, 0.3) is 0 Å². The van der Waals surface area contributed by atoms with E-state index in [9.17, 15) is 14.4 Å². The quantitative estimate of drug-likeness (QED) is 0.623. The van der Waals surface area contributed by atoms with Crippen LogP contribution in [-0.2, 0) is 9.59 Å². The first-order chi connectivity index (χ1) is 15.5. The van der Waals surface area contributed by atoms with Gasteiger partial charge in [0.05, 0.1) is 13.2 Å². The van der Waals surface area contributed by atoms with Gasteiger partial charge in [0, 0.05) is 24.7 Å². The van der Waals surface area contributed by atoms with Gasteiger partial charge in [-0.2, -0.15) is 0 Å². The lowest BCUT2D eigenvalue weighted by Gasteiger charge is -2.32. The summed E-state index contributed by atoms with van der Waals surface area (Å²) >= 11 is 0. The minimum atomic E-state index is -0.270. The van der Waals surface area contributed by atoms with E-state index in [4.69, 9.17) is 9.47 Å². The molecule has 3 rings (SSSR count). The summed E-state index contributed by atoms with van der Waals surface area (Å²) in [6, 6.07) is 15.9. The zero-order chi connectivity index (χ0) is 22.8. The van der Waals surface area contributed by atoms with E-state index in [1.54, 1.807) is 53.4 Å². The molecule has 170 valence electrons. The SMILES string of the molecule is CCOc1ccc(OCC(=O)NC2CCN(C(=O)CNC(=O)c3ccccc3)CC2)cc1. The second-order valence-corrected chi connectivity index (χ2v) is 7.46. The number of likely N-dealkylation sites (tertiary alicyclic amines) is 1. The monoisotopic (exact) mass is 439 g/mol. The maximum atomic E-state index is 12.4. The number of piperidine rings is 1. The van der Waals surface area contributed by atoms with Gasteiger partial charge in [0.2, 0.25) is 5.91 Å². The number of carbonyl (C=O) groups is 3. The molecule has 1 aliphatic rings. The van der Waals surface area contributed by atoms with Crippen LogP contribution in [0, 0.1) is 0 Å². The normalized spacial score (nSPS) is 13.8. The molecule has 2 aromatic rings. The van der Waals surface area contributed by atoms with Gasteiger partial charge in [0.15, 0.2) is 6.61 Å². The van der Waals surface area contributed by atoms with Gasteiger partial charge < -0.3 is 25.0 Å². The third kappa shape index (κ3) is 7.01. The van der Waals surface area contributed by atoms with Crippen molar-refractivity contribution in [2.45, 2.75) is 25.8 Å². The van der Waals surface area contributed by atoms with Crippen molar-refractivity contribution in [2.75, 3.05) is 32.8 Å². The van der Waals surface area contributed by atoms with Crippen LogP contribution in [0.3, 0.4) is 0 Å². The first-order valence-electron chi connectivity index (χ1n) is 10.8. The number of benzene rings is 2. The number of rotatable bonds is 9.